The second kappa shape index (κ2) is 6.36. The van der Waals surface area contributed by atoms with Crippen molar-refractivity contribution in [3.63, 3.8) is 0 Å². The van der Waals surface area contributed by atoms with Crippen LogP contribution < -0.4 is 10.1 Å². The van der Waals surface area contributed by atoms with E-state index in [1.807, 2.05) is 24.3 Å². The highest BCUT2D eigenvalue weighted by atomic mass is 35.5. The van der Waals surface area contributed by atoms with Gasteiger partial charge in [-0.15, -0.1) is 0 Å². The summed E-state index contributed by atoms with van der Waals surface area (Å²) in [5.74, 6) is 0.252. The van der Waals surface area contributed by atoms with Crippen molar-refractivity contribution < 1.29 is 9.13 Å². The first-order chi connectivity index (χ1) is 13.8. The third-order valence-electron chi connectivity index (χ3n) is 5.59. The minimum Gasteiger partial charge on any atom is -0.480 e. The van der Waals surface area contributed by atoms with Crippen LogP contribution >= 0.6 is 11.6 Å². The molecule has 0 spiro atoms. The molecule has 1 N–H and O–H groups in total. The molecule has 0 aliphatic carbocycles. The lowest BCUT2D eigenvalue weighted by atomic mass is 9.80. The highest BCUT2D eigenvalue weighted by Crippen LogP contribution is 2.50. The molecule has 2 aliphatic rings. The molecule has 146 valence electrons. The van der Waals surface area contributed by atoms with Crippen LogP contribution in [0.4, 0.5) is 10.1 Å². The maximum atomic E-state index is 14.0. The highest BCUT2D eigenvalue weighted by Gasteiger charge is 2.34. The number of anilines is 1. The summed E-state index contributed by atoms with van der Waals surface area (Å²) in [6.07, 6.45) is 1.90. The van der Waals surface area contributed by atoms with E-state index in [1.165, 1.54) is 17.7 Å². The standard InChI is InChI=1S/C25H21ClFNO/c1-14-13-25(2,3)28-20-11-10-19-18-9-8-17(27)12-21(18)29-24(23(19)22(14)20)15-4-6-16(26)7-5-15/h4-13,24,28H,1-3H3/t24-/m0/s1. The summed E-state index contributed by atoms with van der Waals surface area (Å²) in [6, 6.07) is 16.6. The summed E-state index contributed by atoms with van der Waals surface area (Å²) in [5.41, 5.74) is 7.37. The average molecular weight is 406 g/mol. The van der Waals surface area contributed by atoms with Crippen LogP contribution in [-0.4, -0.2) is 5.54 Å². The van der Waals surface area contributed by atoms with E-state index >= 15 is 0 Å². The molecule has 5 rings (SSSR count). The molecule has 0 aromatic heterocycles. The van der Waals surface area contributed by atoms with Gasteiger partial charge < -0.3 is 10.1 Å². The van der Waals surface area contributed by atoms with Gasteiger partial charge in [-0.1, -0.05) is 35.9 Å². The first-order valence-corrected chi connectivity index (χ1v) is 10.1. The molecule has 0 amide bonds. The summed E-state index contributed by atoms with van der Waals surface area (Å²) in [4.78, 5) is 0. The number of ether oxygens (including phenoxy) is 1. The van der Waals surface area contributed by atoms with Crippen molar-refractivity contribution in [2.75, 3.05) is 5.32 Å². The zero-order chi connectivity index (χ0) is 20.3. The van der Waals surface area contributed by atoms with Crippen LogP contribution in [0.15, 0.2) is 60.7 Å². The summed E-state index contributed by atoms with van der Waals surface area (Å²) in [7, 11) is 0. The van der Waals surface area contributed by atoms with Crippen LogP contribution in [0.25, 0.3) is 16.7 Å². The molecule has 0 saturated heterocycles. The molecule has 0 radical (unpaired) electrons. The van der Waals surface area contributed by atoms with Crippen molar-refractivity contribution in [1.29, 1.82) is 0 Å². The normalized spacial score (nSPS) is 18.5. The van der Waals surface area contributed by atoms with Crippen molar-refractivity contribution in [2.24, 2.45) is 0 Å². The SMILES string of the molecule is CC1=CC(C)(C)Nc2ccc3c(c21)[C@H](c1ccc(Cl)cc1)Oc1cc(F)ccc1-3. The number of benzene rings is 3. The Morgan fingerprint density at radius 3 is 2.48 bits per heavy atom. The Morgan fingerprint density at radius 2 is 1.72 bits per heavy atom. The Bertz CT molecular complexity index is 1160. The van der Waals surface area contributed by atoms with Crippen molar-refractivity contribution >= 4 is 22.9 Å². The predicted octanol–water partition coefficient (Wildman–Crippen LogP) is 7.24. The van der Waals surface area contributed by atoms with Crippen LogP contribution in [0.3, 0.4) is 0 Å². The van der Waals surface area contributed by atoms with Gasteiger partial charge >= 0.3 is 0 Å². The smallest absolute Gasteiger partial charge is 0.150 e. The van der Waals surface area contributed by atoms with Crippen LogP contribution in [-0.2, 0) is 0 Å². The zero-order valence-electron chi connectivity index (χ0n) is 16.5. The Hall–Kier alpha value is -2.78. The number of allylic oxidation sites excluding steroid dienone is 1. The third kappa shape index (κ3) is 3.01. The Labute approximate surface area is 175 Å². The quantitative estimate of drug-likeness (QED) is 0.460. The molecule has 3 aromatic carbocycles. The fourth-order valence-electron chi connectivity index (χ4n) is 4.53. The van der Waals surface area contributed by atoms with Crippen molar-refractivity contribution in [3.8, 4) is 16.9 Å². The van der Waals surface area contributed by atoms with E-state index in [-0.39, 0.29) is 17.5 Å². The van der Waals surface area contributed by atoms with Gasteiger partial charge in [0.25, 0.3) is 0 Å². The largest absolute Gasteiger partial charge is 0.480 e. The van der Waals surface area contributed by atoms with E-state index in [1.54, 1.807) is 6.07 Å². The van der Waals surface area contributed by atoms with E-state index in [4.69, 9.17) is 16.3 Å². The number of hydrogen-bond acceptors (Lipinski definition) is 2. The lowest BCUT2D eigenvalue weighted by molar-refractivity contribution is 0.242. The fraction of sp³-hybridized carbons (Fsp3) is 0.200. The zero-order valence-corrected chi connectivity index (χ0v) is 17.3. The van der Waals surface area contributed by atoms with E-state index in [0.717, 1.165) is 33.5 Å². The van der Waals surface area contributed by atoms with Gasteiger partial charge in [0.2, 0.25) is 0 Å². The van der Waals surface area contributed by atoms with E-state index < -0.39 is 0 Å². The molecule has 4 heteroatoms. The van der Waals surface area contributed by atoms with Gasteiger partial charge in [-0.3, -0.25) is 0 Å². The topological polar surface area (TPSA) is 21.3 Å². The molecule has 0 fully saturated rings. The molecule has 29 heavy (non-hydrogen) atoms. The van der Waals surface area contributed by atoms with E-state index in [2.05, 4.69) is 44.3 Å². The molecule has 0 saturated carbocycles. The van der Waals surface area contributed by atoms with Gasteiger partial charge in [-0.2, -0.15) is 0 Å². The van der Waals surface area contributed by atoms with Gasteiger partial charge in [0.05, 0.1) is 5.54 Å². The predicted molar refractivity (Wildman–Crippen MR) is 117 cm³/mol. The van der Waals surface area contributed by atoms with Crippen molar-refractivity contribution in [3.05, 3.63) is 88.2 Å². The molecule has 1 atom stereocenters. The van der Waals surface area contributed by atoms with Gasteiger partial charge in [0, 0.05) is 33.5 Å². The van der Waals surface area contributed by atoms with Crippen molar-refractivity contribution in [2.45, 2.75) is 32.4 Å². The molecule has 2 heterocycles. The summed E-state index contributed by atoms with van der Waals surface area (Å²) >= 11 is 6.11. The van der Waals surface area contributed by atoms with Crippen LogP contribution in [0.1, 0.15) is 43.6 Å². The minimum absolute atomic E-state index is 0.127. The molecule has 3 aromatic rings. The van der Waals surface area contributed by atoms with E-state index in [0.29, 0.717) is 10.8 Å². The number of fused-ring (bicyclic) bond motifs is 5. The van der Waals surface area contributed by atoms with Crippen LogP contribution in [0.5, 0.6) is 5.75 Å². The lowest BCUT2D eigenvalue weighted by Gasteiger charge is -2.37. The number of halogens is 2. The first kappa shape index (κ1) is 18.3. The van der Waals surface area contributed by atoms with Gasteiger partial charge in [-0.05, 0) is 67.8 Å². The molecular weight excluding hydrogens is 385 g/mol. The maximum absolute atomic E-state index is 14.0. The highest BCUT2D eigenvalue weighted by molar-refractivity contribution is 6.30. The molecule has 2 aliphatic heterocycles. The second-order valence-corrected chi connectivity index (χ2v) is 8.75. The maximum Gasteiger partial charge on any atom is 0.150 e. The van der Waals surface area contributed by atoms with Crippen molar-refractivity contribution in [1.82, 2.24) is 0 Å². The molecular formula is C25H21ClFNO. The first-order valence-electron chi connectivity index (χ1n) is 9.69. The van der Waals surface area contributed by atoms with Gasteiger partial charge in [-0.25, -0.2) is 4.39 Å². The minimum atomic E-state index is -0.349. The van der Waals surface area contributed by atoms with Crippen LogP contribution in [0, 0.1) is 5.82 Å². The third-order valence-corrected chi connectivity index (χ3v) is 5.84. The van der Waals surface area contributed by atoms with Gasteiger partial charge in [0.1, 0.15) is 11.6 Å². The number of hydrogen-bond donors (Lipinski definition) is 1. The van der Waals surface area contributed by atoms with Gasteiger partial charge in [0.15, 0.2) is 6.10 Å². The molecule has 0 bridgehead atoms. The molecule has 0 unspecified atom stereocenters. The van der Waals surface area contributed by atoms with Crippen LogP contribution in [0.2, 0.25) is 5.02 Å². The fourth-order valence-corrected chi connectivity index (χ4v) is 4.65. The Morgan fingerprint density at radius 1 is 1.00 bits per heavy atom. The van der Waals surface area contributed by atoms with E-state index in [9.17, 15) is 4.39 Å². The summed E-state index contributed by atoms with van der Waals surface area (Å²) < 4.78 is 20.4. The Balaban J connectivity index is 1.80. The second-order valence-electron chi connectivity index (χ2n) is 8.31. The molecule has 2 nitrogen and oxygen atoms in total. The number of rotatable bonds is 1. The average Bonchev–Trinajstić information content (AvgIpc) is 2.66. The number of nitrogens with one attached hydrogen (secondary N) is 1. The Kier molecular flexibility index (Phi) is 4.01. The lowest BCUT2D eigenvalue weighted by Crippen LogP contribution is -2.32. The summed E-state index contributed by atoms with van der Waals surface area (Å²) in [6.45, 7) is 6.45. The summed E-state index contributed by atoms with van der Waals surface area (Å²) in [5, 5.41) is 4.29. The monoisotopic (exact) mass is 405 g/mol.